The van der Waals surface area contributed by atoms with Crippen LogP contribution in [0.5, 0.6) is 0 Å². The Morgan fingerprint density at radius 2 is 2.43 bits per heavy atom. The molecule has 2 unspecified atom stereocenters. The highest BCUT2D eigenvalue weighted by molar-refractivity contribution is 7.10. The number of carbonyl (C=O) groups is 1. The van der Waals surface area contributed by atoms with E-state index in [2.05, 4.69) is 0 Å². The molecular formula is C16H20N2O4S. The van der Waals surface area contributed by atoms with Gasteiger partial charge in [0, 0.05) is 17.8 Å². The molecule has 1 saturated heterocycles. The third kappa shape index (κ3) is 3.64. The summed E-state index contributed by atoms with van der Waals surface area (Å²) in [6, 6.07) is 5.31. The van der Waals surface area contributed by atoms with Crippen LogP contribution in [0.25, 0.3) is 0 Å². The van der Waals surface area contributed by atoms with E-state index in [0.717, 1.165) is 4.88 Å². The van der Waals surface area contributed by atoms with Crippen LogP contribution < -0.4 is 5.73 Å². The largest absolute Gasteiger partial charge is 0.467 e. The van der Waals surface area contributed by atoms with E-state index in [1.165, 1.54) is 17.6 Å². The van der Waals surface area contributed by atoms with Crippen molar-refractivity contribution in [3.63, 3.8) is 0 Å². The highest BCUT2D eigenvalue weighted by Crippen LogP contribution is 2.26. The third-order valence-corrected chi connectivity index (χ3v) is 4.93. The highest BCUT2D eigenvalue weighted by Gasteiger charge is 2.31. The Hall–Kier alpha value is -1.67. The summed E-state index contributed by atoms with van der Waals surface area (Å²) in [5, 5.41) is 12.3. The van der Waals surface area contributed by atoms with Crippen LogP contribution in [0.4, 0.5) is 0 Å². The van der Waals surface area contributed by atoms with E-state index >= 15 is 0 Å². The van der Waals surface area contributed by atoms with Gasteiger partial charge in [0.05, 0.1) is 37.5 Å². The fraction of sp³-hybridized carbons (Fsp3) is 0.438. The van der Waals surface area contributed by atoms with Gasteiger partial charge in [0.15, 0.2) is 0 Å². The predicted octanol–water partition coefficient (Wildman–Crippen LogP) is 1.76. The molecule has 1 fully saturated rings. The summed E-state index contributed by atoms with van der Waals surface area (Å²) in [6.45, 7) is 1.69. The number of morpholine rings is 1. The summed E-state index contributed by atoms with van der Waals surface area (Å²) in [4.78, 5) is 15.4. The molecule has 23 heavy (non-hydrogen) atoms. The topological polar surface area (TPSA) is 88.9 Å². The first kappa shape index (κ1) is 16.2. The van der Waals surface area contributed by atoms with Crippen molar-refractivity contribution in [3.05, 3.63) is 46.0 Å². The number of hydrogen-bond donors (Lipinski definition) is 2. The molecule has 0 aliphatic carbocycles. The van der Waals surface area contributed by atoms with Crippen LogP contribution in [0.3, 0.4) is 0 Å². The smallest absolute Gasteiger partial charge is 0.257 e. The summed E-state index contributed by atoms with van der Waals surface area (Å²) >= 11 is 1.51. The number of carbonyl (C=O) groups excluding carboxylic acids is 1. The molecule has 3 heterocycles. The van der Waals surface area contributed by atoms with Crippen LogP contribution in [-0.2, 0) is 11.3 Å². The molecule has 0 radical (unpaired) electrons. The summed E-state index contributed by atoms with van der Waals surface area (Å²) in [5.41, 5.74) is 6.01. The van der Waals surface area contributed by atoms with Gasteiger partial charge in [-0.1, -0.05) is 6.07 Å². The zero-order valence-corrected chi connectivity index (χ0v) is 13.5. The van der Waals surface area contributed by atoms with Gasteiger partial charge in [-0.05, 0) is 17.5 Å². The van der Waals surface area contributed by atoms with Crippen molar-refractivity contribution in [1.29, 1.82) is 0 Å². The number of ether oxygens (including phenoxy) is 1. The molecule has 3 rings (SSSR count). The van der Waals surface area contributed by atoms with E-state index in [0.29, 0.717) is 37.5 Å². The average Bonchev–Trinajstić information content (AvgIpc) is 3.26. The number of nitrogens with zero attached hydrogens (tertiary/aromatic N) is 1. The molecule has 2 aromatic heterocycles. The zero-order chi connectivity index (χ0) is 16.2. The van der Waals surface area contributed by atoms with Gasteiger partial charge < -0.3 is 24.9 Å². The third-order valence-electron chi connectivity index (χ3n) is 3.96. The minimum absolute atomic E-state index is 0.111. The summed E-state index contributed by atoms with van der Waals surface area (Å²) in [5.74, 6) is 0.469. The first-order valence-electron chi connectivity index (χ1n) is 7.56. The van der Waals surface area contributed by atoms with Crippen molar-refractivity contribution in [2.24, 2.45) is 5.73 Å². The Morgan fingerprint density at radius 1 is 1.57 bits per heavy atom. The Kier molecular flexibility index (Phi) is 5.12. The lowest BCUT2D eigenvalue weighted by Crippen LogP contribution is -2.49. The number of hydrogen-bond acceptors (Lipinski definition) is 6. The van der Waals surface area contributed by atoms with Crippen molar-refractivity contribution in [2.75, 3.05) is 19.8 Å². The maximum absolute atomic E-state index is 12.7. The lowest BCUT2D eigenvalue weighted by atomic mass is 10.0. The van der Waals surface area contributed by atoms with E-state index in [1.54, 1.807) is 11.0 Å². The van der Waals surface area contributed by atoms with Crippen LogP contribution in [0.2, 0.25) is 0 Å². The van der Waals surface area contributed by atoms with Gasteiger partial charge in [-0.15, -0.1) is 11.3 Å². The molecule has 0 bridgehead atoms. The molecule has 0 saturated carbocycles. The molecule has 0 spiro atoms. The van der Waals surface area contributed by atoms with E-state index in [-0.39, 0.29) is 18.5 Å². The van der Waals surface area contributed by atoms with E-state index in [4.69, 9.17) is 14.9 Å². The van der Waals surface area contributed by atoms with Crippen LogP contribution in [0, 0.1) is 0 Å². The van der Waals surface area contributed by atoms with Gasteiger partial charge in [-0.2, -0.15) is 0 Å². The first-order valence-corrected chi connectivity index (χ1v) is 8.44. The maximum Gasteiger partial charge on any atom is 0.257 e. The monoisotopic (exact) mass is 336 g/mol. The molecule has 3 N–H and O–H groups in total. The zero-order valence-electron chi connectivity index (χ0n) is 12.7. The lowest BCUT2D eigenvalue weighted by Gasteiger charge is -2.36. The van der Waals surface area contributed by atoms with Crippen molar-refractivity contribution in [1.82, 2.24) is 4.90 Å². The first-order chi connectivity index (χ1) is 11.2. The molecule has 1 aliphatic heterocycles. The quantitative estimate of drug-likeness (QED) is 0.868. The predicted molar refractivity (Wildman–Crippen MR) is 86.1 cm³/mol. The van der Waals surface area contributed by atoms with Crippen molar-refractivity contribution < 1.29 is 19.1 Å². The van der Waals surface area contributed by atoms with Gasteiger partial charge in [-0.25, -0.2) is 0 Å². The second kappa shape index (κ2) is 7.27. The van der Waals surface area contributed by atoms with Crippen molar-refractivity contribution in [3.8, 4) is 0 Å². The summed E-state index contributed by atoms with van der Waals surface area (Å²) in [7, 11) is 0. The second-order valence-electron chi connectivity index (χ2n) is 5.50. The van der Waals surface area contributed by atoms with Crippen LogP contribution in [0.1, 0.15) is 33.5 Å². The standard InChI is InChI=1S/C16H20N2O4S/c17-8-13-6-11(9-22-13)16(20)18-3-4-21-10-12(18)7-14(19)15-2-1-5-23-15/h1-2,5-6,9,12,14,19H,3-4,7-8,10,17H2. The molecule has 6 nitrogen and oxygen atoms in total. The SMILES string of the molecule is NCc1cc(C(=O)N2CCOCC2CC(O)c2cccs2)co1. The van der Waals surface area contributed by atoms with Gasteiger partial charge in [0.25, 0.3) is 5.91 Å². The Balaban J connectivity index is 1.71. The van der Waals surface area contributed by atoms with Gasteiger partial charge in [-0.3, -0.25) is 4.79 Å². The number of furan rings is 1. The minimum atomic E-state index is -0.596. The van der Waals surface area contributed by atoms with E-state index < -0.39 is 6.10 Å². The van der Waals surface area contributed by atoms with Crippen molar-refractivity contribution in [2.45, 2.75) is 25.1 Å². The Morgan fingerprint density at radius 3 is 3.13 bits per heavy atom. The summed E-state index contributed by atoms with van der Waals surface area (Å²) < 4.78 is 10.7. The number of aliphatic hydroxyl groups is 1. The molecule has 0 aromatic carbocycles. The number of rotatable bonds is 5. The van der Waals surface area contributed by atoms with Gasteiger partial charge in [0.2, 0.25) is 0 Å². The normalized spacial score (nSPS) is 19.7. The lowest BCUT2D eigenvalue weighted by molar-refractivity contribution is -0.0170. The fourth-order valence-corrected chi connectivity index (χ4v) is 3.46. The second-order valence-corrected chi connectivity index (χ2v) is 6.48. The molecule has 2 aromatic rings. The van der Waals surface area contributed by atoms with Crippen LogP contribution in [-0.4, -0.2) is 41.7 Å². The Bertz CT molecular complexity index is 640. The van der Waals surface area contributed by atoms with Crippen LogP contribution >= 0.6 is 11.3 Å². The van der Waals surface area contributed by atoms with Gasteiger partial charge >= 0.3 is 0 Å². The summed E-state index contributed by atoms with van der Waals surface area (Å²) in [6.07, 6.45) is 1.29. The van der Waals surface area contributed by atoms with Crippen LogP contribution in [0.15, 0.2) is 34.3 Å². The van der Waals surface area contributed by atoms with E-state index in [9.17, 15) is 9.90 Å². The van der Waals surface area contributed by atoms with Crippen molar-refractivity contribution >= 4 is 17.2 Å². The molecular weight excluding hydrogens is 316 g/mol. The number of amides is 1. The maximum atomic E-state index is 12.7. The molecule has 124 valence electrons. The van der Waals surface area contributed by atoms with E-state index in [1.807, 2.05) is 17.5 Å². The minimum Gasteiger partial charge on any atom is -0.467 e. The van der Waals surface area contributed by atoms with Gasteiger partial charge in [0.1, 0.15) is 12.0 Å². The Labute approximate surface area is 138 Å². The number of thiophene rings is 1. The highest BCUT2D eigenvalue weighted by atomic mass is 32.1. The molecule has 1 amide bonds. The average molecular weight is 336 g/mol. The number of aliphatic hydroxyl groups excluding tert-OH is 1. The molecule has 7 heteroatoms. The fourth-order valence-electron chi connectivity index (χ4n) is 2.74. The number of nitrogens with two attached hydrogens (primary N) is 1. The molecule has 2 atom stereocenters. The molecule has 1 aliphatic rings.